The maximum Gasteiger partial charge on any atom is 0.256 e. The van der Waals surface area contributed by atoms with Crippen LogP contribution in [-0.4, -0.2) is 33.7 Å². The van der Waals surface area contributed by atoms with E-state index in [0.29, 0.717) is 11.1 Å². The number of hydrogen-bond donors (Lipinski definition) is 2. The van der Waals surface area contributed by atoms with Crippen molar-refractivity contribution in [1.82, 2.24) is 4.90 Å². The van der Waals surface area contributed by atoms with Crippen molar-refractivity contribution >= 4 is 5.91 Å². The molecular formula is C13H17NO3. The lowest BCUT2D eigenvalue weighted by Gasteiger charge is -2.32. The van der Waals surface area contributed by atoms with Crippen molar-refractivity contribution in [3.8, 4) is 0 Å². The number of aliphatic hydroxyl groups is 2. The van der Waals surface area contributed by atoms with Crippen molar-refractivity contribution in [2.75, 3.05) is 6.61 Å². The predicted molar refractivity (Wildman–Crippen MR) is 63.3 cm³/mol. The molecule has 1 aromatic carbocycles. The van der Waals surface area contributed by atoms with E-state index in [-0.39, 0.29) is 24.5 Å². The average Bonchev–Trinajstić information content (AvgIpc) is 2.56. The van der Waals surface area contributed by atoms with Crippen LogP contribution in [-0.2, 0) is 0 Å². The normalized spacial score (nSPS) is 20.9. The zero-order chi connectivity index (χ0) is 12.6. The van der Waals surface area contributed by atoms with E-state index >= 15 is 0 Å². The van der Waals surface area contributed by atoms with Gasteiger partial charge < -0.3 is 15.1 Å². The highest BCUT2D eigenvalue weighted by Crippen LogP contribution is 2.34. The summed E-state index contributed by atoms with van der Waals surface area (Å²) in [6, 6.07) is 6.66. The molecule has 0 aromatic heterocycles. The molecule has 0 bridgehead atoms. The van der Waals surface area contributed by atoms with Gasteiger partial charge in [0, 0.05) is 11.1 Å². The molecule has 2 unspecified atom stereocenters. The van der Waals surface area contributed by atoms with Crippen LogP contribution >= 0.6 is 0 Å². The molecule has 92 valence electrons. The summed E-state index contributed by atoms with van der Waals surface area (Å²) >= 11 is 0. The molecule has 1 heterocycles. The van der Waals surface area contributed by atoms with E-state index in [1.54, 1.807) is 24.3 Å². The summed E-state index contributed by atoms with van der Waals surface area (Å²) in [5.41, 5.74) is 1.15. The van der Waals surface area contributed by atoms with Crippen LogP contribution in [0.1, 0.15) is 36.0 Å². The molecule has 4 nitrogen and oxygen atoms in total. The fourth-order valence-electron chi connectivity index (χ4n) is 2.27. The van der Waals surface area contributed by atoms with Crippen LogP contribution in [0.3, 0.4) is 0 Å². The molecule has 0 spiro atoms. The first-order chi connectivity index (χ1) is 8.07. The molecular weight excluding hydrogens is 218 g/mol. The molecule has 2 rings (SSSR count). The van der Waals surface area contributed by atoms with Crippen LogP contribution in [0.25, 0.3) is 0 Å². The van der Waals surface area contributed by atoms with E-state index in [0.717, 1.165) is 0 Å². The number of aliphatic hydroxyl groups excluding tert-OH is 2. The van der Waals surface area contributed by atoms with Crippen LogP contribution in [0.2, 0.25) is 0 Å². The summed E-state index contributed by atoms with van der Waals surface area (Å²) in [7, 11) is 0. The molecule has 1 aromatic rings. The number of hydrogen-bond acceptors (Lipinski definition) is 3. The molecule has 1 aliphatic heterocycles. The Morgan fingerprint density at radius 1 is 1.35 bits per heavy atom. The summed E-state index contributed by atoms with van der Waals surface area (Å²) in [6.45, 7) is 3.70. The number of rotatable bonds is 3. The van der Waals surface area contributed by atoms with E-state index in [1.807, 2.05) is 13.8 Å². The molecule has 0 radical (unpaired) electrons. The molecule has 0 fully saturated rings. The third-order valence-electron chi connectivity index (χ3n) is 3.28. The lowest BCUT2D eigenvalue weighted by Crippen LogP contribution is -2.43. The highest BCUT2D eigenvalue weighted by Gasteiger charge is 2.40. The van der Waals surface area contributed by atoms with Gasteiger partial charge in [0.25, 0.3) is 5.91 Å². The Morgan fingerprint density at radius 3 is 2.53 bits per heavy atom. The Balaban J connectivity index is 2.38. The van der Waals surface area contributed by atoms with Gasteiger partial charge in [-0.15, -0.1) is 0 Å². The van der Waals surface area contributed by atoms with Crippen molar-refractivity contribution in [3.05, 3.63) is 35.4 Å². The summed E-state index contributed by atoms with van der Waals surface area (Å²) in [4.78, 5) is 13.5. The van der Waals surface area contributed by atoms with Gasteiger partial charge in [0.15, 0.2) is 6.23 Å². The SMILES string of the molecule is CC(C)C(CO)N1C(=O)c2ccccc2C1O. The maximum absolute atomic E-state index is 12.2. The molecule has 0 saturated carbocycles. The van der Waals surface area contributed by atoms with Gasteiger partial charge in [-0.1, -0.05) is 32.0 Å². The lowest BCUT2D eigenvalue weighted by molar-refractivity contribution is -0.0266. The number of nitrogens with zero attached hydrogens (tertiary/aromatic N) is 1. The third-order valence-corrected chi connectivity index (χ3v) is 3.28. The van der Waals surface area contributed by atoms with Crippen LogP contribution in [0, 0.1) is 5.92 Å². The van der Waals surface area contributed by atoms with Crippen molar-refractivity contribution in [2.24, 2.45) is 5.92 Å². The fourth-order valence-corrected chi connectivity index (χ4v) is 2.27. The smallest absolute Gasteiger partial charge is 0.256 e. The molecule has 1 amide bonds. The van der Waals surface area contributed by atoms with Crippen LogP contribution in [0.4, 0.5) is 0 Å². The number of carbonyl (C=O) groups excluding carboxylic acids is 1. The Hall–Kier alpha value is -1.39. The third kappa shape index (κ3) is 1.83. The van der Waals surface area contributed by atoms with E-state index in [1.165, 1.54) is 4.90 Å². The van der Waals surface area contributed by atoms with E-state index in [4.69, 9.17) is 0 Å². The van der Waals surface area contributed by atoms with Gasteiger partial charge in [-0.25, -0.2) is 0 Å². The van der Waals surface area contributed by atoms with Crippen LogP contribution < -0.4 is 0 Å². The van der Waals surface area contributed by atoms with Gasteiger partial charge in [0.2, 0.25) is 0 Å². The van der Waals surface area contributed by atoms with Gasteiger partial charge in [-0.05, 0) is 12.0 Å². The molecule has 17 heavy (non-hydrogen) atoms. The van der Waals surface area contributed by atoms with Crippen LogP contribution in [0.5, 0.6) is 0 Å². The Labute approximate surface area is 100 Å². The molecule has 2 atom stereocenters. The minimum absolute atomic E-state index is 0.0907. The first kappa shape index (κ1) is 12.1. The van der Waals surface area contributed by atoms with Gasteiger partial charge in [-0.2, -0.15) is 0 Å². The second-order valence-electron chi connectivity index (χ2n) is 4.67. The predicted octanol–water partition coefficient (Wildman–Crippen LogP) is 1.15. The second kappa shape index (κ2) is 4.47. The Morgan fingerprint density at radius 2 is 2.00 bits per heavy atom. The Bertz CT molecular complexity index is 430. The number of carbonyl (C=O) groups is 1. The minimum atomic E-state index is -0.946. The topological polar surface area (TPSA) is 60.8 Å². The highest BCUT2D eigenvalue weighted by molar-refractivity contribution is 5.99. The lowest BCUT2D eigenvalue weighted by atomic mass is 10.0. The number of amides is 1. The summed E-state index contributed by atoms with van der Waals surface area (Å²) in [5.74, 6) is -0.117. The van der Waals surface area contributed by atoms with Crippen molar-refractivity contribution < 1.29 is 15.0 Å². The first-order valence-corrected chi connectivity index (χ1v) is 5.78. The molecule has 4 heteroatoms. The quantitative estimate of drug-likeness (QED) is 0.826. The van der Waals surface area contributed by atoms with Crippen LogP contribution in [0.15, 0.2) is 24.3 Å². The standard InChI is InChI=1S/C13H17NO3/c1-8(2)11(7-15)14-12(16)9-5-3-4-6-10(9)13(14)17/h3-6,8,11-12,15-16H,7H2,1-2H3. The van der Waals surface area contributed by atoms with E-state index < -0.39 is 6.23 Å². The molecule has 2 N–H and O–H groups in total. The summed E-state index contributed by atoms with van der Waals surface area (Å²) in [6.07, 6.45) is -0.946. The first-order valence-electron chi connectivity index (χ1n) is 5.78. The second-order valence-corrected chi connectivity index (χ2v) is 4.67. The van der Waals surface area contributed by atoms with Gasteiger partial charge >= 0.3 is 0 Å². The fraction of sp³-hybridized carbons (Fsp3) is 0.462. The number of benzene rings is 1. The van der Waals surface area contributed by atoms with Crippen molar-refractivity contribution in [3.63, 3.8) is 0 Å². The number of fused-ring (bicyclic) bond motifs is 1. The average molecular weight is 235 g/mol. The zero-order valence-corrected chi connectivity index (χ0v) is 10.00. The van der Waals surface area contributed by atoms with Gasteiger partial charge in [0.1, 0.15) is 0 Å². The van der Waals surface area contributed by atoms with Crippen molar-refractivity contribution in [2.45, 2.75) is 26.1 Å². The summed E-state index contributed by atoms with van der Waals surface area (Å²) in [5, 5.41) is 19.5. The summed E-state index contributed by atoms with van der Waals surface area (Å²) < 4.78 is 0. The Kier molecular flexibility index (Phi) is 3.17. The molecule has 0 aliphatic carbocycles. The van der Waals surface area contributed by atoms with Crippen molar-refractivity contribution in [1.29, 1.82) is 0 Å². The van der Waals surface area contributed by atoms with Gasteiger partial charge in [0.05, 0.1) is 12.6 Å². The minimum Gasteiger partial charge on any atom is -0.394 e. The monoisotopic (exact) mass is 235 g/mol. The zero-order valence-electron chi connectivity index (χ0n) is 10.00. The largest absolute Gasteiger partial charge is 0.394 e. The van der Waals surface area contributed by atoms with Gasteiger partial charge in [-0.3, -0.25) is 4.79 Å². The van der Waals surface area contributed by atoms with E-state index in [2.05, 4.69) is 0 Å². The maximum atomic E-state index is 12.2. The highest BCUT2D eigenvalue weighted by atomic mass is 16.3. The van der Waals surface area contributed by atoms with E-state index in [9.17, 15) is 15.0 Å². The molecule has 1 aliphatic rings. The molecule has 0 saturated heterocycles.